The highest BCUT2D eigenvalue weighted by molar-refractivity contribution is 7.17. The number of amides is 1. The zero-order chi connectivity index (χ0) is 25.2. The second-order valence-electron chi connectivity index (χ2n) is 8.73. The van der Waals surface area contributed by atoms with Gasteiger partial charge in [0.25, 0.3) is 5.91 Å². The molecule has 36 heavy (non-hydrogen) atoms. The summed E-state index contributed by atoms with van der Waals surface area (Å²) in [5.74, 6) is 1.08. The molecule has 0 saturated carbocycles. The van der Waals surface area contributed by atoms with E-state index >= 15 is 0 Å². The average Bonchev–Trinajstić information content (AvgIpc) is 3.46. The number of hydrogen-bond acceptors (Lipinski definition) is 5. The number of aryl methyl sites for hydroxylation is 3. The van der Waals surface area contributed by atoms with E-state index in [1.54, 1.807) is 6.07 Å². The molecule has 0 fully saturated rings. The van der Waals surface area contributed by atoms with Crippen molar-refractivity contribution in [3.63, 3.8) is 0 Å². The van der Waals surface area contributed by atoms with E-state index in [0.29, 0.717) is 33.1 Å². The number of pyridine rings is 1. The molecular weight excluding hydrogens is 466 g/mol. The van der Waals surface area contributed by atoms with Crippen molar-refractivity contribution in [2.24, 2.45) is 0 Å². The molecule has 178 valence electrons. The van der Waals surface area contributed by atoms with E-state index in [2.05, 4.69) is 42.6 Å². The monoisotopic (exact) mass is 491 g/mol. The number of rotatable bonds is 6. The van der Waals surface area contributed by atoms with Crippen LogP contribution in [0.25, 0.3) is 33.5 Å². The van der Waals surface area contributed by atoms with Crippen molar-refractivity contribution in [2.75, 3.05) is 5.32 Å². The molecule has 3 aromatic heterocycles. The highest BCUT2D eigenvalue weighted by atomic mass is 32.1. The third-order valence-electron chi connectivity index (χ3n) is 6.16. The highest BCUT2D eigenvalue weighted by Gasteiger charge is 2.21. The van der Waals surface area contributed by atoms with Gasteiger partial charge in [-0.05, 0) is 55.7 Å². The van der Waals surface area contributed by atoms with Gasteiger partial charge < -0.3 is 9.73 Å². The SMILES string of the molecule is CCCc1ccc(-c2c(C)sc(NC(=O)c3cc(-c4ccc(C)o4)nc4ccccc34)c2C#N)cc1. The number of anilines is 1. The number of aromatic nitrogens is 1. The highest BCUT2D eigenvalue weighted by Crippen LogP contribution is 2.40. The minimum Gasteiger partial charge on any atom is -0.460 e. The maximum Gasteiger partial charge on any atom is 0.257 e. The van der Waals surface area contributed by atoms with Gasteiger partial charge in [-0.1, -0.05) is 55.8 Å². The molecule has 5 rings (SSSR count). The van der Waals surface area contributed by atoms with Crippen LogP contribution in [-0.4, -0.2) is 10.9 Å². The van der Waals surface area contributed by atoms with E-state index in [9.17, 15) is 10.1 Å². The lowest BCUT2D eigenvalue weighted by Gasteiger charge is -2.09. The van der Waals surface area contributed by atoms with E-state index < -0.39 is 0 Å². The molecule has 0 saturated heterocycles. The first-order chi connectivity index (χ1) is 17.5. The zero-order valence-corrected chi connectivity index (χ0v) is 21.2. The van der Waals surface area contributed by atoms with E-state index in [0.717, 1.165) is 40.0 Å². The molecule has 2 aromatic carbocycles. The van der Waals surface area contributed by atoms with Crippen LogP contribution in [0.5, 0.6) is 0 Å². The predicted octanol–water partition coefficient (Wildman–Crippen LogP) is 7.92. The number of hydrogen-bond donors (Lipinski definition) is 1. The fraction of sp³-hybridized carbons (Fsp3) is 0.167. The summed E-state index contributed by atoms with van der Waals surface area (Å²) in [5.41, 5.74) is 5.36. The van der Waals surface area contributed by atoms with Gasteiger partial charge in [0.1, 0.15) is 22.5 Å². The second kappa shape index (κ2) is 9.80. The van der Waals surface area contributed by atoms with Crippen molar-refractivity contribution < 1.29 is 9.21 Å². The predicted molar refractivity (Wildman–Crippen MR) is 145 cm³/mol. The Morgan fingerprint density at radius 1 is 1.08 bits per heavy atom. The number of carbonyl (C=O) groups excluding carboxylic acids is 1. The maximum atomic E-state index is 13.6. The van der Waals surface area contributed by atoms with Gasteiger partial charge in [-0.3, -0.25) is 4.79 Å². The molecule has 0 atom stereocenters. The van der Waals surface area contributed by atoms with Crippen LogP contribution < -0.4 is 5.32 Å². The molecule has 5 aromatic rings. The van der Waals surface area contributed by atoms with Gasteiger partial charge in [0.2, 0.25) is 0 Å². The fourth-order valence-electron chi connectivity index (χ4n) is 4.45. The smallest absolute Gasteiger partial charge is 0.257 e. The van der Waals surface area contributed by atoms with Gasteiger partial charge >= 0.3 is 0 Å². The lowest BCUT2D eigenvalue weighted by molar-refractivity contribution is 0.102. The van der Waals surface area contributed by atoms with Crippen molar-refractivity contribution in [3.8, 4) is 28.7 Å². The Morgan fingerprint density at radius 3 is 2.56 bits per heavy atom. The third-order valence-corrected chi connectivity index (χ3v) is 7.18. The minimum atomic E-state index is -0.291. The topological polar surface area (TPSA) is 78.9 Å². The van der Waals surface area contributed by atoms with E-state index in [1.165, 1.54) is 16.9 Å². The number of carbonyl (C=O) groups is 1. The maximum absolute atomic E-state index is 13.6. The molecule has 0 radical (unpaired) electrons. The summed E-state index contributed by atoms with van der Waals surface area (Å²) in [6.45, 7) is 6.01. The number of thiophene rings is 1. The summed E-state index contributed by atoms with van der Waals surface area (Å²) in [6.07, 6.45) is 2.11. The molecule has 0 aliphatic rings. The molecule has 1 N–H and O–H groups in total. The van der Waals surface area contributed by atoms with Gasteiger partial charge in [-0.2, -0.15) is 5.26 Å². The first kappa shape index (κ1) is 23.5. The van der Waals surface area contributed by atoms with Gasteiger partial charge in [0.15, 0.2) is 5.76 Å². The first-order valence-electron chi connectivity index (χ1n) is 11.9. The quantitative estimate of drug-likeness (QED) is 0.262. The van der Waals surface area contributed by atoms with Crippen LogP contribution in [0.1, 0.15) is 45.5 Å². The van der Waals surface area contributed by atoms with E-state index in [1.807, 2.05) is 50.2 Å². The number of nitrogens with zero attached hydrogens (tertiary/aromatic N) is 2. The lowest BCUT2D eigenvalue weighted by atomic mass is 9.99. The summed E-state index contributed by atoms with van der Waals surface area (Å²) in [7, 11) is 0. The summed E-state index contributed by atoms with van der Waals surface area (Å²) in [5, 5.41) is 14.3. The van der Waals surface area contributed by atoms with Gasteiger partial charge in [0, 0.05) is 15.8 Å². The van der Waals surface area contributed by atoms with Crippen molar-refractivity contribution in [1.29, 1.82) is 5.26 Å². The molecular formula is C30H25N3O2S. The molecule has 6 heteroatoms. The Labute approximate surface area is 214 Å². The van der Waals surface area contributed by atoms with E-state index in [4.69, 9.17) is 9.40 Å². The minimum absolute atomic E-state index is 0.291. The molecule has 0 aliphatic carbocycles. The summed E-state index contributed by atoms with van der Waals surface area (Å²) < 4.78 is 5.76. The molecule has 0 bridgehead atoms. The third kappa shape index (κ3) is 4.41. The number of para-hydroxylation sites is 1. The molecule has 3 heterocycles. The normalized spacial score (nSPS) is 10.9. The fourth-order valence-corrected chi connectivity index (χ4v) is 5.47. The molecule has 0 aliphatic heterocycles. The van der Waals surface area contributed by atoms with Crippen molar-refractivity contribution in [3.05, 3.63) is 94.1 Å². The van der Waals surface area contributed by atoms with Crippen LogP contribution >= 0.6 is 11.3 Å². The zero-order valence-electron chi connectivity index (χ0n) is 20.4. The standard InChI is InChI=1S/C30H25N3O2S/c1-4-7-20-11-13-21(14-12-20)28-19(3)36-30(24(28)17-31)33-29(34)23-16-26(27-15-10-18(2)35-27)32-25-9-6-5-8-22(23)25/h5-6,8-16H,4,7H2,1-3H3,(H,33,34). The average molecular weight is 492 g/mol. The van der Waals surface area contributed by atoms with Crippen LogP contribution in [-0.2, 0) is 6.42 Å². The van der Waals surface area contributed by atoms with Crippen LogP contribution in [0.3, 0.4) is 0 Å². The Balaban J connectivity index is 1.54. The lowest BCUT2D eigenvalue weighted by Crippen LogP contribution is -2.13. The summed E-state index contributed by atoms with van der Waals surface area (Å²) >= 11 is 1.42. The van der Waals surface area contributed by atoms with Crippen LogP contribution in [0.15, 0.2) is 71.1 Å². The Kier molecular flexibility index (Phi) is 6.41. The van der Waals surface area contributed by atoms with Crippen molar-refractivity contribution in [2.45, 2.75) is 33.6 Å². The summed E-state index contributed by atoms with van der Waals surface area (Å²) in [4.78, 5) is 19.3. The number of benzene rings is 2. The molecule has 0 unspecified atom stereocenters. The summed E-state index contributed by atoms with van der Waals surface area (Å²) in [6, 6.07) is 23.6. The van der Waals surface area contributed by atoms with Crippen LogP contribution in [0.4, 0.5) is 5.00 Å². The van der Waals surface area contributed by atoms with Gasteiger partial charge in [-0.25, -0.2) is 4.98 Å². The second-order valence-corrected chi connectivity index (χ2v) is 9.96. The first-order valence-corrected chi connectivity index (χ1v) is 12.7. The van der Waals surface area contributed by atoms with E-state index in [-0.39, 0.29) is 5.91 Å². The number of nitrogens with one attached hydrogen (secondary N) is 1. The van der Waals surface area contributed by atoms with Gasteiger partial charge in [0.05, 0.1) is 16.6 Å². The van der Waals surface area contributed by atoms with Crippen molar-refractivity contribution in [1.82, 2.24) is 4.98 Å². The number of nitriles is 1. The Morgan fingerprint density at radius 2 is 1.86 bits per heavy atom. The number of fused-ring (bicyclic) bond motifs is 1. The molecule has 5 nitrogen and oxygen atoms in total. The number of furan rings is 1. The van der Waals surface area contributed by atoms with Gasteiger partial charge in [-0.15, -0.1) is 11.3 Å². The Hall–Kier alpha value is -4.21. The largest absolute Gasteiger partial charge is 0.460 e. The Bertz CT molecular complexity index is 1620. The van der Waals surface area contributed by atoms with Crippen molar-refractivity contribution >= 4 is 33.1 Å². The molecule has 0 spiro atoms. The van der Waals surface area contributed by atoms with Crippen LogP contribution in [0, 0.1) is 25.2 Å². The van der Waals surface area contributed by atoms with Crippen LogP contribution in [0.2, 0.25) is 0 Å². The molecule has 1 amide bonds.